The Morgan fingerprint density at radius 3 is 2.36 bits per heavy atom. The van der Waals surface area contributed by atoms with Crippen LogP contribution < -0.4 is 14.8 Å². The summed E-state index contributed by atoms with van der Waals surface area (Å²) in [6.45, 7) is 1.89. The fourth-order valence-corrected chi connectivity index (χ4v) is 4.54. The number of carbonyl (C=O) groups is 2. The highest BCUT2D eigenvalue weighted by Gasteiger charge is 2.54. The molecule has 2 fully saturated rings. The van der Waals surface area contributed by atoms with E-state index in [2.05, 4.69) is 5.32 Å². The first-order valence-corrected chi connectivity index (χ1v) is 8.71. The maximum Gasteiger partial charge on any atom is 0.307 e. The van der Waals surface area contributed by atoms with Crippen molar-refractivity contribution in [3.63, 3.8) is 0 Å². The minimum absolute atomic E-state index is 0.148. The normalized spacial score (nSPS) is 28.4. The minimum Gasteiger partial charge on any atom is -0.493 e. The highest BCUT2D eigenvalue weighted by molar-refractivity contribution is 5.86. The number of carboxylic acids is 1. The number of carboxylic acid groups (broad SMARTS) is 1. The molecular weight excluding hydrogens is 322 g/mol. The van der Waals surface area contributed by atoms with Crippen molar-refractivity contribution in [2.24, 2.45) is 23.7 Å². The zero-order chi connectivity index (χ0) is 18.1. The largest absolute Gasteiger partial charge is 0.493 e. The molecule has 2 bridgehead atoms. The number of ether oxygens (including phenoxy) is 2. The van der Waals surface area contributed by atoms with Gasteiger partial charge in [-0.3, -0.25) is 9.59 Å². The second-order valence-corrected chi connectivity index (χ2v) is 7.07. The molecule has 5 atom stereocenters. The fraction of sp³-hybridized carbons (Fsp3) is 0.579. The average molecular weight is 347 g/mol. The maximum atomic E-state index is 12.8. The smallest absolute Gasteiger partial charge is 0.307 e. The lowest BCUT2D eigenvalue weighted by molar-refractivity contribution is -0.149. The topological polar surface area (TPSA) is 84.9 Å². The number of carbonyl (C=O) groups excluding carboxylic acids is 1. The lowest BCUT2D eigenvalue weighted by Crippen LogP contribution is -2.42. The predicted octanol–water partition coefficient (Wildman–Crippen LogP) is 2.63. The summed E-state index contributed by atoms with van der Waals surface area (Å²) in [5.74, 6) is -0.380. The molecule has 1 aromatic carbocycles. The van der Waals surface area contributed by atoms with E-state index in [9.17, 15) is 14.7 Å². The van der Waals surface area contributed by atoms with E-state index in [0.717, 1.165) is 24.8 Å². The van der Waals surface area contributed by atoms with Crippen molar-refractivity contribution in [1.29, 1.82) is 0 Å². The van der Waals surface area contributed by atoms with Gasteiger partial charge >= 0.3 is 5.97 Å². The van der Waals surface area contributed by atoms with Gasteiger partial charge < -0.3 is 19.9 Å². The van der Waals surface area contributed by atoms with Crippen LogP contribution in [0.2, 0.25) is 0 Å². The number of aliphatic carboxylic acids is 1. The molecule has 6 nitrogen and oxygen atoms in total. The van der Waals surface area contributed by atoms with Gasteiger partial charge in [-0.05, 0) is 55.7 Å². The van der Waals surface area contributed by atoms with Crippen molar-refractivity contribution < 1.29 is 24.2 Å². The van der Waals surface area contributed by atoms with Crippen molar-refractivity contribution in [2.45, 2.75) is 32.2 Å². The average Bonchev–Trinajstić information content (AvgIpc) is 3.22. The summed E-state index contributed by atoms with van der Waals surface area (Å²) < 4.78 is 10.5. The first-order chi connectivity index (χ1) is 12.0. The molecule has 2 aliphatic rings. The molecule has 1 aromatic rings. The number of hydrogen-bond donors (Lipinski definition) is 2. The van der Waals surface area contributed by atoms with Crippen LogP contribution in [0.1, 0.15) is 37.8 Å². The summed E-state index contributed by atoms with van der Waals surface area (Å²) >= 11 is 0. The first kappa shape index (κ1) is 17.6. The predicted molar refractivity (Wildman–Crippen MR) is 91.6 cm³/mol. The van der Waals surface area contributed by atoms with Gasteiger partial charge in [-0.25, -0.2) is 0 Å². The van der Waals surface area contributed by atoms with E-state index < -0.39 is 17.8 Å². The van der Waals surface area contributed by atoms with E-state index >= 15 is 0 Å². The lowest BCUT2D eigenvalue weighted by Gasteiger charge is -2.28. The van der Waals surface area contributed by atoms with Gasteiger partial charge in [0.25, 0.3) is 0 Å². The van der Waals surface area contributed by atoms with Crippen LogP contribution in [0.5, 0.6) is 11.5 Å². The van der Waals surface area contributed by atoms with Crippen LogP contribution in [-0.2, 0) is 9.59 Å². The summed E-state index contributed by atoms with van der Waals surface area (Å²) in [6, 6.07) is 5.27. The van der Waals surface area contributed by atoms with Gasteiger partial charge in [0.1, 0.15) is 0 Å². The monoisotopic (exact) mass is 347 g/mol. The third-order valence-electron chi connectivity index (χ3n) is 5.77. The van der Waals surface area contributed by atoms with Gasteiger partial charge in [-0.2, -0.15) is 0 Å². The van der Waals surface area contributed by atoms with Crippen LogP contribution >= 0.6 is 0 Å². The number of benzene rings is 1. The van der Waals surface area contributed by atoms with E-state index in [4.69, 9.17) is 9.47 Å². The molecule has 0 heterocycles. The van der Waals surface area contributed by atoms with E-state index in [1.165, 1.54) is 0 Å². The Labute approximate surface area is 147 Å². The zero-order valence-electron chi connectivity index (χ0n) is 14.8. The highest BCUT2D eigenvalue weighted by Crippen LogP contribution is 2.52. The Morgan fingerprint density at radius 1 is 1.12 bits per heavy atom. The first-order valence-electron chi connectivity index (χ1n) is 8.71. The summed E-state index contributed by atoms with van der Waals surface area (Å²) in [5, 5.41) is 12.5. The molecule has 0 radical (unpaired) electrons. The van der Waals surface area contributed by atoms with Crippen LogP contribution in [-0.4, -0.2) is 31.2 Å². The Balaban J connectivity index is 1.73. The molecule has 6 heteroatoms. The second kappa shape index (κ2) is 6.94. The fourth-order valence-electron chi connectivity index (χ4n) is 4.54. The highest BCUT2D eigenvalue weighted by atomic mass is 16.5. The Bertz CT molecular complexity index is 674. The molecule has 1 amide bonds. The second-order valence-electron chi connectivity index (χ2n) is 7.07. The van der Waals surface area contributed by atoms with Gasteiger partial charge in [0.15, 0.2) is 11.5 Å². The molecule has 0 aliphatic heterocycles. The molecule has 0 spiro atoms. The Kier molecular flexibility index (Phi) is 4.88. The van der Waals surface area contributed by atoms with Crippen molar-refractivity contribution in [2.75, 3.05) is 14.2 Å². The zero-order valence-corrected chi connectivity index (χ0v) is 14.8. The summed E-state index contributed by atoms with van der Waals surface area (Å²) in [5.41, 5.74) is 0.890. The van der Waals surface area contributed by atoms with Gasteiger partial charge in [0.2, 0.25) is 5.91 Å². The molecule has 0 aromatic heterocycles. The molecule has 136 valence electrons. The van der Waals surface area contributed by atoms with Crippen LogP contribution in [0.3, 0.4) is 0 Å². The number of nitrogens with one attached hydrogen (secondary N) is 1. The maximum absolute atomic E-state index is 12.8. The van der Waals surface area contributed by atoms with E-state index in [-0.39, 0.29) is 23.8 Å². The van der Waals surface area contributed by atoms with Crippen LogP contribution in [0.25, 0.3) is 0 Å². The number of amides is 1. The molecule has 25 heavy (non-hydrogen) atoms. The Morgan fingerprint density at radius 2 is 1.76 bits per heavy atom. The van der Waals surface area contributed by atoms with Crippen molar-refractivity contribution in [3.8, 4) is 11.5 Å². The number of rotatable bonds is 6. The third-order valence-corrected chi connectivity index (χ3v) is 5.77. The van der Waals surface area contributed by atoms with E-state index in [1.807, 2.05) is 19.1 Å². The minimum atomic E-state index is -0.842. The van der Waals surface area contributed by atoms with Crippen LogP contribution in [0.15, 0.2) is 18.2 Å². The summed E-state index contributed by atoms with van der Waals surface area (Å²) in [4.78, 5) is 24.4. The van der Waals surface area contributed by atoms with Crippen molar-refractivity contribution in [3.05, 3.63) is 23.8 Å². The lowest BCUT2D eigenvalue weighted by atomic mass is 9.78. The van der Waals surface area contributed by atoms with Gasteiger partial charge in [-0.1, -0.05) is 6.07 Å². The number of hydrogen-bond acceptors (Lipinski definition) is 4. The standard InChI is InChI=1S/C19H25NO5/c1-10(11-6-7-14(24-2)15(9-11)25-3)20-18(21)16-12-4-5-13(8-12)17(16)19(22)23/h6-7,9-10,12-13,16-17H,4-5,8H2,1-3H3,(H,20,21)(H,22,23)/t10-,12+,13-,16-,17-/m0/s1. The van der Waals surface area contributed by atoms with Crippen molar-refractivity contribution in [1.82, 2.24) is 5.32 Å². The van der Waals surface area contributed by atoms with Gasteiger partial charge in [-0.15, -0.1) is 0 Å². The molecule has 2 saturated carbocycles. The van der Waals surface area contributed by atoms with Crippen LogP contribution in [0, 0.1) is 23.7 Å². The molecule has 0 saturated heterocycles. The van der Waals surface area contributed by atoms with Crippen molar-refractivity contribution >= 4 is 11.9 Å². The summed E-state index contributed by atoms with van der Waals surface area (Å²) in [7, 11) is 3.14. The van der Waals surface area contributed by atoms with Gasteiger partial charge in [0.05, 0.1) is 32.1 Å². The molecule has 2 N–H and O–H groups in total. The third kappa shape index (κ3) is 3.17. The quantitative estimate of drug-likeness (QED) is 0.826. The Hall–Kier alpha value is -2.24. The van der Waals surface area contributed by atoms with Gasteiger partial charge in [0, 0.05) is 0 Å². The van der Waals surface area contributed by atoms with Crippen LogP contribution in [0.4, 0.5) is 0 Å². The summed E-state index contributed by atoms with van der Waals surface area (Å²) in [6.07, 6.45) is 2.74. The number of methoxy groups -OCH3 is 2. The van der Waals surface area contributed by atoms with E-state index in [0.29, 0.717) is 11.5 Å². The SMILES string of the molecule is COc1ccc([C@H](C)NC(=O)[C@H]2[C@@H]3CC[C@@H](C3)[C@@H]2C(=O)O)cc1OC. The van der Waals surface area contributed by atoms with E-state index in [1.54, 1.807) is 20.3 Å². The molecular formula is C19H25NO5. The molecule has 3 rings (SSSR count). The molecule has 0 unspecified atom stereocenters. The number of fused-ring (bicyclic) bond motifs is 2. The molecule has 2 aliphatic carbocycles.